The first-order valence-corrected chi connectivity index (χ1v) is 10.4. The Hall–Kier alpha value is -3.39. The molecule has 0 saturated heterocycles. The zero-order valence-corrected chi connectivity index (χ0v) is 18.7. The molecule has 0 fully saturated rings. The van der Waals surface area contributed by atoms with Gasteiger partial charge in [0.2, 0.25) is 5.91 Å². The maximum absolute atomic E-state index is 13.5. The maximum atomic E-state index is 13.5. The monoisotopic (exact) mass is 458 g/mol. The van der Waals surface area contributed by atoms with Crippen LogP contribution in [0.3, 0.4) is 0 Å². The van der Waals surface area contributed by atoms with Crippen LogP contribution in [0.25, 0.3) is 10.8 Å². The molecule has 0 spiro atoms. The van der Waals surface area contributed by atoms with Gasteiger partial charge in [-0.25, -0.2) is 9.18 Å². The lowest BCUT2D eigenvalue weighted by Gasteiger charge is -2.30. The molecule has 1 aromatic heterocycles. The van der Waals surface area contributed by atoms with E-state index in [1.807, 2.05) is 19.1 Å². The van der Waals surface area contributed by atoms with Crippen LogP contribution in [-0.4, -0.2) is 47.4 Å². The Bertz CT molecular complexity index is 1210. The van der Waals surface area contributed by atoms with E-state index in [1.165, 1.54) is 21.9 Å². The summed E-state index contributed by atoms with van der Waals surface area (Å²) in [5, 5.41) is 3.82. The van der Waals surface area contributed by atoms with E-state index in [0.717, 1.165) is 11.6 Å². The molecule has 2 N–H and O–H groups in total. The lowest BCUT2D eigenvalue weighted by atomic mass is 10.0. The summed E-state index contributed by atoms with van der Waals surface area (Å²) in [4.78, 5) is 43.3. The molecule has 3 amide bonds. The van der Waals surface area contributed by atoms with Crippen LogP contribution < -0.4 is 10.9 Å². The summed E-state index contributed by atoms with van der Waals surface area (Å²) in [6.45, 7) is 1.95. The molecule has 7 nitrogen and oxygen atoms in total. The summed E-state index contributed by atoms with van der Waals surface area (Å²) in [5.41, 5.74) is 0.824. The number of amides is 3. The molecule has 0 bridgehead atoms. The Balaban J connectivity index is 1.95. The third-order valence-corrected chi connectivity index (χ3v) is 5.55. The van der Waals surface area contributed by atoms with Gasteiger partial charge in [0.05, 0.1) is 11.1 Å². The van der Waals surface area contributed by atoms with Gasteiger partial charge in [0, 0.05) is 44.3 Å². The number of H-pyrrole nitrogens is 1. The Morgan fingerprint density at radius 1 is 1.16 bits per heavy atom. The summed E-state index contributed by atoms with van der Waals surface area (Å²) < 4.78 is 13.5. The first-order valence-electron chi connectivity index (χ1n) is 10.0. The number of anilines is 1. The molecule has 0 unspecified atom stereocenters. The molecular weight excluding hydrogens is 435 g/mol. The van der Waals surface area contributed by atoms with Crippen molar-refractivity contribution in [2.75, 3.05) is 26.0 Å². The number of aromatic nitrogens is 1. The van der Waals surface area contributed by atoms with E-state index in [9.17, 15) is 18.8 Å². The fourth-order valence-corrected chi connectivity index (χ4v) is 3.61. The average Bonchev–Trinajstić information content (AvgIpc) is 2.76. The molecule has 9 heteroatoms. The van der Waals surface area contributed by atoms with E-state index in [4.69, 9.17) is 11.6 Å². The van der Waals surface area contributed by atoms with Crippen LogP contribution in [0.4, 0.5) is 14.9 Å². The minimum absolute atomic E-state index is 0.107. The minimum Gasteiger partial charge on any atom is -0.349 e. The van der Waals surface area contributed by atoms with Crippen molar-refractivity contribution in [1.82, 2.24) is 14.8 Å². The molecule has 32 heavy (non-hydrogen) atoms. The van der Waals surface area contributed by atoms with E-state index in [0.29, 0.717) is 16.5 Å². The van der Waals surface area contributed by atoms with Crippen molar-refractivity contribution in [1.29, 1.82) is 0 Å². The molecule has 168 valence electrons. The van der Waals surface area contributed by atoms with Gasteiger partial charge in [-0.2, -0.15) is 0 Å². The number of hydrogen-bond acceptors (Lipinski definition) is 3. The van der Waals surface area contributed by atoms with E-state index in [-0.39, 0.29) is 29.5 Å². The molecule has 1 atom stereocenters. The van der Waals surface area contributed by atoms with Crippen LogP contribution in [0.5, 0.6) is 0 Å². The quantitative estimate of drug-likeness (QED) is 0.574. The second-order valence-corrected chi connectivity index (χ2v) is 7.99. The van der Waals surface area contributed by atoms with Gasteiger partial charge >= 0.3 is 6.03 Å². The lowest BCUT2D eigenvalue weighted by Crippen LogP contribution is -2.39. The van der Waals surface area contributed by atoms with Gasteiger partial charge in [-0.3, -0.25) is 9.59 Å². The Morgan fingerprint density at radius 3 is 2.50 bits per heavy atom. The van der Waals surface area contributed by atoms with Crippen LogP contribution in [0.1, 0.15) is 24.9 Å². The molecular formula is C23H24ClFN4O3. The molecule has 0 radical (unpaired) electrons. The standard InChI is InChI=1S/C23H24ClFN4O3/c1-14(18-13-26-22(31)17-7-5-4-6-16(17)18)29(11-10-21(30)28(2)3)23(32)27-15-8-9-20(25)19(24)12-15/h4-9,12-14H,10-11H2,1-3H3,(H,26,31)(H,27,32)/t14-/m0/s1. The SMILES string of the molecule is C[C@@H](c1c[nH]c(=O)c2ccccc12)N(CCC(=O)N(C)C)C(=O)Nc1ccc(F)c(Cl)c1. The van der Waals surface area contributed by atoms with Crippen molar-refractivity contribution < 1.29 is 14.0 Å². The highest BCUT2D eigenvalue weighted by Crippen LogP contribution is 2.27. The molecule has 0 saturated carbocycles. The predicted octanol–water partition coefficient (Wildman–Crippen LogP) is 4.39. The van der Waals surface area contributed by atoms with Gasteiger partial charge in [-0.15, -0.1) is 0 Å². The summed E-state index contributed by atoms with van der Waals surface area (Å²) >= 11 is 5.83. The summed E-state index contributed by atoms with van der Waals surface area (Å²) in [7, 11) is 3.29. The fraction of sp³-hybridized carbons (Fsp3) is 0.261. The van der Waals surface area contributed by atoms with E-state index >= 15 is 0 Å². The van der Waals surface area contributed by atoms with Crippen LogP contribution in [-0.2, 0) is 4.79 Å². The highest BCUT2D eigenvalue weighted by atomic mass is 35.5. The number of nitrogens with zero attached hydrogens (tertiary/aromatic N) is 2. The number of halogens is 2. The van der Waals surface area contributed by atoms with E-state index < -0.39 is 17.9 Å². The number of pyridine rings is 1. The normalized spacial score (nSPS) is 11.8. The summed E-state index contributed by atoms with van der Waals surface area (Å²) in [6.07, 6.45) is 1.69. The van der Waals surface area contributed by atoms with Gasteiger partial charge in [0.15, 0.2) is 0 Å². The average molecular weight is 459 g/mol. The number of carbonyl (C=O) groups is 2. The predicted molar refractivity (Wildman–Crippen MR) is 123 cm³/mol. The Labute approximate surface area is 189 Å². The van der Waals surface area contributed by atoms with Gasteiger partial charge in [-0.05, 0) is 42.1 Å². The third-order valence-electron chi connectivity index (χ3n) is 5.26. The van der Waals surface area contributed by atoms with Gasteiger partial charge in [0.25, 0.3) is 5.56 Å². The number of carbonyl (C=O) groups excluding carboxylic acids is 2. The smallest absolute Gasteiger partial charge is 0.322 e. The second-order valence-electron chi connectivity index (χ2n) is 7.59. The van der Waals surface area contributed by atoms with Gasteiger partial charge in [0.1, 0.15) is 5.82 Å². The number of urea groups is 1. The molecule has 1 heterocycles. The van der Waals surface area contributed by atoms with Crippen molar-refractivity contribution >= 4 is 40.0 Å². The maximum Gasteiger partial charge on any atom is 0.322 e. The summed E-state index contributed by atoms with van der Waals surface area (Å²) in [5.74, 6) is -0.725. The van der Waals surface area contributed by atoms with Crippen LogP contribution in [0.2, 0.25) is 5.02 Å². The Morgan fingerprint density at radius 2 is 1.84 bits per heavy atom. The molecule has 2 aromatic carbocycles. The number of nitrogens with one attached hydrogen (secondary N) is 2. The van der Waals surface area contributed by atoms with E-state index in [1.54, 1.807) is 32.4 Å². The zero-order valence-electron chi connectivity index (χ0n) is 18.0. The largest absolute Gasteiger partial charge is 0.349 e. The van der Waals surface area contributed by atoms with Crippen LogP contribution in [0.15, 0.2) is 53.5 Å². The molecule has 0 aliphatic rings. The van der Waals surface area contributed by atoms with Crippen molar-refractivity contribution in [2.24, 2.45) is 0 Å². The lowest BCUT2D eigenvalue weighted by molar-refractivity contribution is -0.128. The van der Waals surface area contributed by atoms with Gasteiger partial charge in [-0.1, -0.05) is 29.8 Å². The second kappa shape index (κ2) is 9.82. The minimum atomic E-state index is -0.592. The number of hydrogen-bond donors (Lipinski definition) is 2. The third kappa shape index (κ3) is 5.08. The van der Waals surface area contributed by atoms with E-state index in [2.05, 4.69) is 10.3 Å². The van der Waals surface area contributed by atoms with Crippen LogP contribution >= 0.6 is 11.6 Å². The molecule has 0 aliphatic carbocycles. The first kappa shape index (κ1) is 23.3. The molecule has 3 aromatic rings. The van der Waals surface area contributed by atoms with Crippen molar-refractivity contribution in [3.05, 3.63) is 75.4 Å². The van der Waals surface area contributed by atoms with Crippen molar-refractivity contribution in [3.8, 4) is 0 Å². The first-order chi connectivity index (χ1) is 15.2. The molecule has 3 rings (SSSR count). The number of fused-ring (bicyclic) bond motifs is 1. The fourth-order valence-electron chi connectivity index (χ4n) is 3.43. The number of rotatable bonds is 6. The van der Waals surface area contributed by atoms with Crippen molar-refractivity contribution in [2.45, 2.75) is 19.4 Å². The molecule has 0 aliphatic heterocycles. The van der Waals surface area contributed by atoms with Gasteiger partial charge < -0.3 is 20.1 Å². The Kier molecular flexibility index (Phi) is 7.15. The zero-order chi connectivity index (χ0) is 23.4. The highest BCUT2D eigenvalue weighted by Gasteiger charge is 2.25. The highest BCUT2D eigenvalue weighted by molar-refractivity contribution is 6.31. The van der Waals surface area contributed by atoms with Crippen LogP contribution in [0, 0.1) is 5.82 Å². The topological polar surface area (TPSA) is 85.5 Å². The summed E-state index contributed by atoms with van der Waals surface area (Å²) in [6, 6.07) is 10.0. The number of aromatic amines is 1. The van der Waals surface area contributed by atoms with Crippen molar-refractivity contribution in [3.63, 3.8) is 0 Å². The number of benzene rings is 2.